The maximum Gasteiger partial charge on any atom is 0.158 e. The highest BCUT2D eigenvalue weighted by Gasteiger charge is 2.13. The van der Waals surface area contributed by atoms with Crippen LogP contribution in [-0.2, 0) is 13.6 Å². The first-order valence-corrected chi connectivity index (χ1v) is 7.55. The molecular formula is C17H18N6. The summed E-state index contributed by atoms with van der Waals surface area (Å²) < 4.78 is 3.73. The lowest BCUT2D eigenvalue weighted by Crippen LogP contribution is -2.18. The molecule has 0 radical (unpaired) electrons. The minimum Gasteiger partial charge on any atom is -0.355 e. The molecule has 3 aromatic heterocycles. The summed E-state index contributed by atoms with van der Waals surface area (Å²) in [6.07, 6.45) is 3.92. The highest BCUT2D eigenvalue weighted by atomic mass is 15.3. The SMILES string of the molecule is Cc1cc2nc(N(C)Cc3cnn(C)c3)c3ccccc3n2n1. The summed E-state index contributed by atoms with van der Waals surface area (Å²) >= 11 is 0. The minimum absolute atomic E-state index is 0.758. The standard InChI is InChI=1S/C17H18N6/c1-12-8-16-19-17(21(2)10-13-9-18-22(3)11-13)14-6-4-5-7-15(14)23(16)20-12/h4-9,11H,10H2,1-3H3. The lowest BCUT2D eigenvalue weighted by Gasteiger charge is -2.19. The fourth-order valence-electron chi connectivity index (χ4n) is 2.95. The van der Waals surface area contributed by atoms with Gasteiger partial charge in [0.25, 0.3) is 0 Å². The highest BCUT2D eigenvalue weighted by molar-refractivity contribution is 5.91. The van der Waals surface area contributed by atoms with Crippen LogP contribution in [-0.4, -0.2) is 31.4 Å². The Morgan fingerprint density at radius 1 is 1.22 bits per heavy atom. The van der Waals surface area contributed by atoms with Crippen molar-refractivity contribution in [2.45, 2.75) is 13.5 Å². The summed E-state index contributed by atoms with van der Waals surface area (Å²) in [5.74, 6) is 0.955. The Morgan fingerprint density at radius 3 is 2.83 bits per heavy atom. The van der Waals surface area contributed by atoms with Crippen molar-refractivity contribution in [3.63, 3.8) is 0 Å². The molecule has 0 unspecified atom stereocenters. The van der Waals surface area contributed by atoms with Gasteiger partial charge in [-0.05, 0) is 19.1 Å². The average Bonchev–Trinajstić information content (AvgIpc) is 3.11. The third-order valence-electron chi connectivity index (χ3n) is 3.95. The Labute approximate surface area is 134 Å². The second-order valence-corrected chi connectivity index (χ2v) is 5.89. The molecule has 0 bridgehead atoms. The molecule has 0 N–H and O–H groups in total. The molecule has 0 aliphatic carbocycles. The fourth-order valence-corrected chi connectivity index (χ4v) is 2.95. The van der Waals surface area contributed by atoms with E-state index in [1.807, 2.05) is 53.8 Å². The van der Waals surface area contributed by atoms with E-state index in [-0.39, 0.29) is 0 Å². The predicted molar refractivity (Wildman–Crippen MR) is 90.5 cm³/mol. The summed E-state index contributed by atoms with van der Waals surface area (Å²) in [5, 5.41) is 9.88. The van der Waals surface area contributed by atoms with Gasteiger partial charge in [0.15, 0.2) is 5.65 Å². The second kappa shape index (κ2) is 5.08. The van der Waals surface area contributed by atoms with Crippen LogP contribution in [0.4, 0.5) is 5.82 Å². The van der Waals surface area contributed by atoms with Crippen LogP contribution in [0.3, 0.4) is 0 Å². The normalized spacial score (nSPS) is 11.4. The number of fused-ring (bicyclic) bond motifs is 3. The molecule has 0 amide bonds. The van der Waals surface area contributed by atoms with Gasteiger partial charge >= 0.3 is 0 Å². The van der Waals surface area contributed by atoms with Gasteiger partial charge in [-0.25, -0.2) is 9.50 Å². The molecule has 6 nitrogen and oxygen atoms in total. The number of hydrogen-bond acceptors (Lipinski definition) is 4. The largest absolute Gasteiger partial charge is 0.355 e. The van der Waals surface area contributed by atoms with Crippen molar-refractivity contribution in [3.8, 4) is 0 Å². The highest BCUT2D eigenvalue weighted by Crippen LogP contribution is 2.26. The maximum atomic E-state index is 4.83. The molecule has 0 aliphatic heterocycles. The second-order valence-electron chi connectivity index (χ2n) is 5.89. The summed E-state index contributed by atoms with van der Waals surface area (Å²) in [7, 11) is 3.99. The zero-order chi connectivity index (χ0) is 16.0. The average molecular weight is 306 g/mol. The van der Waals surface area contributed by atoms with Gasteiger partial charge in [-0.1, -0.05) is 12.1 Å². The quantitative estimate of drug-likeness (QED) is 0.584. The van der Waals surface area contributed by atoms with Crippen molar-refractivity contribution in [2.24, 2.45) is 7.05 Å². The van der Waals surface area contributed by atoms with E-state index in [1.54, 1.807) is 0 Å². The first-order chi connectivity index (χ1) is 11.1. The van der Waals surface area contributed by atoms with Crippen LogP contribution in [0, 0.1) is 6.92 Å². The molecule has 0 saturated heterocycles. The van der Waals surface area contributed by atoms with Crippen LogP contribution in [0.25, 0.3) is 16.6 Å². The van der Waals surface area contributed by atoms with Gasteiger partial charge in [-0.2, -0.15) is 10.2 Å². The molecule has 4 rings (SSSR count). The smallest absolute Gasteiger partial charge is 0.158 e. The Balaban J connectivity index is 1.86. The van der Waals surface area contributed by atoms with Gasteiger partial charge < -0.3 is 4.90 Å². The molecule has 4 aromatic rings. The van der Waals surface area contributed by atoms with Gasteiger partial charge in [0, 0.05) is 43.9 Å². The van der Waals surface area contributed by atoms with E-state index in [4.69, 9.17) is 4.98 Å². The van der Waals surface area contributed by atoms with Crippen molar-refractivity contribution in [3.05, 3.63) is 54.0 Å². The number of hydrogen-bond donors (Lipinski definition) is 0. The number of aromatic nitrogens is 5. The third kappa shape index (κ3) is 2.32. The number of para-hydroxylation sites is 1. The van der Waals surface area contributed by atoms with Crippen LogP contribution >= 0.6 is 0 Å². The van der Waals surface area contributed by atoms with Gasteiger partial charge in [0.1, 0.15) is 5.82 Å². The van der Waals surface area contributed by atoms with E-state index < -0.39 is 0 Å². The topological polar surface area (TPSA) is 51.2 Å². The summed E-state index contributed by atoms with van der Waals surface area (Å²) in [6, 6.07) is 10.2. The van der Waals surface area contributed by atoms with Gasteiger partial charge in [-0.3, -0.25) is 4.68 Å². The first-order valence-electron chi connectivity index (χ1n) is 7.55. The number of anilines is 1. The molecule has 23 heavy (non-hydrogen) atoms. The van der Waals surface area contributed by atoms with Crippen LogP contribution in [0.5, 0.6) is 0 Å². The van der Waals surface area contributed by atoms with Crippen molar-refractivity contribution in [1.82, 2.24) is 24.4 Å². The van der Waals surface area contributed by atoms with Crippen LogP contribution in [0.15, 0.2) is 42.7 Å². The van der Waals surface area contributed by atoms with E-state index in [9.17, 15) is 0 Å². The van der Waals surface area contributed by atoms with Crippen molar-refractivity contribution in [1.29, 1.82) is 0 Å². The molecule has 1 aromatic carbocycles. The summed E-state index contributed by atoms with van der Waals surface area (Å²) in [5.41, 5.74) is 4.06. The number of aryl methyl sites for hydroxylation is 2. The van der Waals surface area contributed by atoms with Gasteiger partial charge in [-0.15, -0.1) is 0 Å². The van der Waals surface area contributed by atoms with Gasteiger partial charge in [0.05, 0.1) is 17.4 Å². The lowest BCUT2D eigenvalue weighted by atomic mass is 10.2. The lowest BCUT2D eigenvalue weighted by molar-refractivity contribution is 0.766. The van der Waals surface area contributed by atoms with Crippen molar-refractivity contribution < 1.29 is 0 Å². The summed E-state index contributed by atoms with van der Waals surface area (Å²) in [4.78, 5) is 6.98. The van der Waals surface area contributed by atoms with E-state index in [1.165, 1.54) is 0 Å². The molecule has 3 heterocycles. The maximum absolute atomic E-state index is 4.83. The molecule has 116 valence electrons. The van der Waals surface area contributed by atoms with Gasteiger partial charge in [0.2, 0.25) is 0 Å². The number of nitrogens with zero attached hydrogens (tertiary/aromatic N) is 6. The molecular weight excluding hydrogens is 288 g/mol. The van der Waals surface area contributed by atoms with Crippen LogP contribution < -0.4 is 4.90 Å². The molecule has 0 atom stereocenters. The van der Waals surface area contributed by atoms with Crippen LogP contribution in [0.1, 0.15) is 11.3 Å². The molecule has 6 heteroatoms. The van der Waals surface area contributed by atoms with E-state index >= 15 is 0 Å². The monoisotopic (exact) mass is 306 g/mol. The van der Waals surface area contributed by atoms with E-state index in [2.05, 4.69) is 34.3 Å². The third-order valence-corrected chi connectivity index (χ3v) is 3.95. The Kier molecular flexibility index (Phi) is 3.04. The minimum atomic E-state index is 0.758. The van der Waals surface area contributed by atoms with E-state index in [0.29, 0.717) is 0 Å². The molecule has 0 spiro atoms. The fraction of sp³-hybridized carbons (Fsp3) is 0.235. The zero-order valence-corrected chi connectivity index (χ0v) is 13.4. The van der Waals surface area contributed by atoms with E-state index in [0.717, 1.165) is 40.2 Å². The Hall–Kier alpha value is -2.89. The first kappa shape index (κ1) is 13.8. The number of benzene rings is 1. The van der Waals surface area contributed by atoms with Crippen molar-refractivity contribution >= 4 is 22.4 Å². The zero-order valence-electron chi connectivity index (χ0n) is 13.4. The molecule has 0 aliphatic rings. The molecule has 0 saturated carbocycles. The Bertz CT molecular complexity index is 997. The predicted octanol–water partition coefficient (Wildman–Crippen LogP) is 2.56. The van der Waals surface area contributed by atoms with Crippen molar-refractivity contribution in [2.75, 3.05) is 11.9 Å². The summed E-state index contributed by atoms with van der Waals surface area (Å²) in [6.45, 7) is 2.75. The number of rotatable bonds is 3. The molecule has 0 fully saturated rings. The Morgan fingerprint density at radius 2 is 2.04 bits per heavy atom. The van der Waals surface area contributed by atoms with Crippen LogP contribution in [0.2, 0.25) is 0 Å².